The quantitative estimate of drug-likeness (QED) is 0.792. The molecule has 1 aliphatic carbocycles. The molecule has 3 fully saturated rings. The van der Waals surface area contributed by atoms with E-state index in [1.165, 1.54) is 4.90 Å². The van der Waals surface area contributed by atoms with Gasteiger partial charge in [-0.1, -0.05) is 0 Å². The first-order valence-electron chi connectivity index (χ1n) is 7.49. The van der Waals surface area contributed by atoms with Crippen LogP contribution in [0.4, 0.5) is 4.79 Å². The van der Waals surface area contributed by atoms with E-state index in [2.05, 4.69) is 4.72 Å². The third-order valence-corrected chi connectivity index (χ3v) is 6.26. The van der Waals surface area contributed by atoms with Crippen molar-refractivity contribution in [3.63, 3.8) is 0 Å². The van der Waals surface area contributed by atoms with Crippen LogP contribution in [-0.4, -0.2) is 61.6 Å². The molecular weight excluding hydrogens is 296 g/mol. The summed E-state index contributed by atoms with van der Waals surface area (Å²) in [5.41, 5.74) is -0.348. The van der Waals surface area contributed by atoms with Gasteiger partial charge in [-0.25, -0.2) is 17.9 Å². The highest BCUT2D eigenvalue weighted by atomic mass is 32.2. The van der Waals surface area contributed by atoms with Gasteiger partial charge in [0.15, 0.2) is 0 Å². The number of rotatable bonds is 4. The van der Waals surface area contributed by atoms with Gasteiger partial charge in [-0.3, -0.25) is 0 Å². The van der Waals surface area contributed by atoms with Gasteiger partial charge in [-0.2, -0.15) is 0 Å². The zero-order valence-corrected chi connectivity index (χ0v) is 12.8. The van der Waals surface area contributed by atoms with Crippen LogP contribution in [0.3, 0.4) is 0 Å². The fourth-order valence-corrected chi connectivity index (χ4v) is 4.98. The summed E-state index contributed by atoms with van der Waals surface area (Å²) in [6.45, 7) is 1.30. The molecule has 120 valence electrons. The van der Waals surface area contributed by atoms with E-state index in [0.29, 0.717) is 44.9 Å². The van der Waals surface area contributed by atoms with Gasteiger partial charge >= 0.3 is 6.09 Å². The van der Waals surface area contributed by atoms with E-state index in [1.54, 1.807) is 0 Å². The number of amides is 1. The Labute approximate surface area is 124 Å². The third-order valence-electron chi connectivity index (χ3n) is 4.65. The number of carboxylic acid groups (broad SMARTS) is 1. The molecule has 2 aliphatic heterocycles. The van der Waals surface area contributed by atoms with Crippen LogP contribution in [0.25, 0.3) is 0 Å². The fraction of sp³-hybridized carbons (Fsp3) is 0.923. The van der Waals surface area contributed by atoms with Crippen molar-refractivity contribution >= 4 is 16.1 Å². The first-order valence-corrected chi connectivity index (χ1v) is 9.15. The number of hydrogen-bond donors (Lipinski definition) is 2. The summed E-state index contributed by atoms with van der Waals surface area (Å²) >= 11 is 0. The molecule has 0 aromatic carbocycles. The maximum atomic E-state index is 12.0. The minimum Gasteiger partial charge on any atom is -0.465 e. The molecule has 2 heterocycles. The molecule has 0 aromatic rings. The Morgan fingerprint density at radius 2 is 2.00 bits per heavy atom. The summed E-state index contributed by atoms with van der Waals surface area (Å²) in [5.74, 6) is 0.557. The average molecular weight is 318 g/mol. The number of ether oxygens (including phenoxy) is 1. The summed E-state index contributed by atoms with van der Waals surface area (Å²) in [7, 11) is -3.22. The third kappa shape index (κ3) is 3.67. The highest BCUT2D eigenvalue weighted by Gasteiger charge is 2.44. The molecule has 0 unspecified atom stereocenters. The van der Waals surface area contributed by atoms with Gasteiger partial charge in [0.1, 0.15) is 0 Å². The van der Waals surface area contributed by atoms with E-state index in [9.17, 15) is 13.2 Å². The minimum absolute atomic E-state index is 0.176. The average Bonchev–Trinajstić information content (AvgIpc) is 3.12. The van der Waals surface area contributed by atoms with E-state index in [1.807, 2.05) is 0 Å². The molecule has 1 spiro atoms. The van der Waals surface area contributed by atoms with Gasteiger partial charge in [-0.15, -0.1) is 0 Å². The molecule has 21 heavy (non-hydrogen) atoms. The zero-order chi connectivity index (χ0) is 15.1. The summed E-state index contributed by atoms with van der Waals surface area (Å²) in [6.07, 6.45) is 3.04. The maximum Gasteiger partial charge on any atom is 0.407 e. The Hall–Kier alpha value is -0.860. The Bertz CT molecular complexity index is 509. The van der Waals surface area contributed by atoms with Crippen molar-refractivity contribution in [2.75, 3.05) is 25.4 Å². The van der Waals surface area contributed by atoms with Crippen LogP contribution in [-0.2, 0) is 14.8 Å². The lowest BCUT2D eigenvalue weighted by molar-refractivity contribution is -0.0394. The van der Waals surface area contributed by atoms with Crippen molar-refractivity contribution in [3.8, 4) is 0 Å². The Kier molecular flexibility index (Phi) is 3.87. The molecule has 2 N–H and O–H groups in total. The van der Waals surface area contributed by atoms with Crippen molar-refractivity contribution in [1.29, 1.82) is 0 Å². The molecule has 3 aliphatic rings. The predicted molar refractivity (Wildman–Crippen MR) is 75.6 cm³/mol. The SMILES string of the molecule is O=C(O)N1CCC2(CC1)C[C@@H](NS(=O)(=O)CC1CC1)CO2. The monoisotopic (exact) mass is 318 g/mol. The lowest BCUT2D eigenvalue weighted by Gasteiger charge is -2.37. The molecule has 2 saturated heterocycles. The number of nitrogens with zero attached hydrogens (tertiary/aromatic N) is 1. The van der Waals surface area contributed by atoms with Crippen LogP contribution in [0.1, 0.15) is 32.1 Å². The summed E-state index contributed by atoms with van der Waals surface area (Å²) in [6, 6.07) is -0.176. The lowest BCUT2D eigenvalue weighted by Crippen LogP contribution is -2.46. The van der Waals surface area contributed by atoms with E-state index < -0.39 is 16.1 Å². The second kappa shape index (κ2) is 5.40. The van der Waals surface area contributed by atoms with Gasteiger partial charge in [0.05, 0.1) is 18.0 Å². The first kappa shape index (κ1) is 15.1. The van der Waals surface area contributed by atoms with E-state index in [-0.39, 0.29) is 17.4 Å². The van der Waals surface area contributed by atoms with Crippen molar-refractivity contribution in [2.24, 2.45) is 5.92 Å². The number of sulfonamides is 1. The standard InChI is InChI=1S/C13H22N2O5S/c16-12(17)15-5-3-13(4-6-15)7-11(8-20-13)14-21(18,19)9-10-1-2-10/h10-11,14H,1-9H2,(H,16,17)/t11-/m1/s1. The van der Waals surface area contributed by atoms with Gasteiger partial charge in [-0.05, 0) is 38.0 Å². The van der Waals surface area contributed by atoms with Crippen LogP contribution in [0.5, 0.6) is 0 Å². The molecule has 7 nitrogen and oxygen atoms in total. The van der Waals surface area contributed by atoms with Crippen molar-refractivity contribution in [3.05, 3.63) is 0 Å². The number of nitrogens with one attached hydrogen (secondary N) is 1. The first-order chi connectivity index (χ1) is 9.88. The number of carbonyl (C=O) groups is 1. The Morgan fingerprint density at radius 1 is 1.33 bits per heavy atom. The van der Waals surface area contributed by atoms with Crippen LogP contribution in [0, 0.1) is 5.92 Å². The molecule has 1 amide bonds. The Morgan fingerprint density at radius 3 is 2.57 bits per heavy atom. The van der Waals surface area contributed by atoms with Gasteiger partial charge < -0.3 is 14.7 Å². The van der Waals surface area contributed by atoms with Crippen molar-refractivity contribution < 1.29 is 23.1 Å². The minimum atomic E-state index is -3.22. The molecule has 0 bridgehead atoms. The predicted octanol–water partition coefficient (Wildman–Crippen LogP) is 0.617. The molecule has 8 heteroatoms. The van der Waals surface area contributed by atoms with Crippen molar-refractivity contribution in [2.45, 2.75) is 43.7 Å². The second-order valence-corrected chi connectivity index (χ2v) is 8.31. The summed E-state index contributed by atoms with van der Waals surface area (Å²) < 4.78 is 32.6. The van der Waals surface area contributed by atoms with Crippen LogP contribution in [0.15, 0.2) is 0 Å². The zero-order valence-electron chi connectivity index (χ0n) is 12.0. The Balaban J connectivity index is 1.52. The van der Waals surface area contributed by atoms with Crippen LogP contribution < -0.4 is 4.72 Å². The molecule has 1 atom stereocenters. The highest BCUT2D eigenvalue weighted by molar-refractivity contribution is 7.89. The van der Waals surface area contributed by atoms with Crippen LogP contribution >= 0.6 is 0 Å². The summed E-state index contributed by atoms with van der Waals surface area (Å²) in [4.78, 5) is 12.3. The van der Waals surface area contributed by atoms with Crippen molar-refractivity contribution in [1.82, 2.24) is 9.62 Å². The number of likely N-dealkylation sites (tertiary alicyclic amines) is 1. The molecule has 3 rings (SSSR count). The smallest absolute Gasteiger partial charge is 0.407 e. The molecule has 0 radical (unpaired) electrons. The number of piperidine rings is 1. The normalized spacial score (nSPS) is 29.0. The molecule has 1 saturated carbocycles. The van der Waals surface area contributed by atoms with E-state index in [0.717, 1.165) is 12.8 Å². The van der Waals surface area contributed by atoms with Crippen LogP contribution in [0.2, 0.25) is 0 Å². The van der Waals surface area contributed by atoms with Gasteiger partial charge in [0.25, 0.3) is 0 Å². The lowest BCUT2D eigenvalue weighted by atomic mass is 9.88. The topological polar surface area (TPSA) is 95.9 Å². The van der Waals surface area contributed by atoms with E-state index in [4.69, 9.17) is 9.84 Å². The molecule has 0 aromatic heterocycles. The van der Waals surface area contributed by atoms with E-state index >= 15 is 0 Å². The maximum absolute atomic E-state index is 12.0. The fourth-order valence-electron chi connectivity index (χ4n) is 3.27. The largest absolute Gasteiger partial charge is 0.465 e. The molecular formula is C13H22N2O5S. The second-order valence-electron chi connectivity index (χ2n) is 6.51. The van der Waals surface area contributed by atoms with Gasteiger partial charge in [0, 0.05) is 19.1 Å². The highest BCUT2D eigenvalue weighted by Crippen LogP contribution is 2.36. The summed E-state index contributed by atoms with van der Waals surface area (Å²) in [5, 5.41) is 8.96. The van der Waals surface area contributed by atoms with Gasteiger partial charge in [0.2, 0.25) is 10.0 Å². The number of hydrogen-bond acceptors (Lipinski definition) is 4.